The standard InChI is InChI=1S/C36H46S/c1-9-10-14-29-24-35(6,33-17-12-11-15-31(29)33)37(7,8)36(25(2)3)27(5)23-32-30(16-13-18-34(32)36)28-21-19-26(4)20-22-28/h11-13,15-21,23-25,28H,9-10,14,22H2,1-8H3. The number of hydrogen-bond acceptors (Lipinski definition) is 0. The van der Waals surface area contributed by atoms with Gasteiger partial charge in [0, 0.05) is 15.4 Å². The second-order valence-electron chi connectivity index (χ2n) is 12.4. The molecule has 3 unspecified atom stereocenters. The first-order chi connectivity index (χ1) is 17.6. The predicted octanol–water partition coefficient (Wildman–Crippen LogP) is 10.5. The van der Waals surface area contributed by atoms with E-state index in [2.05, 4.69) is 127 Å². The molecule has 0 amide bonds. The van der Waals surface area contributed by atoms with Crippen LogP contribution in [0.2, 0.25) is 0 Å². The van der Waals surface area contributed by atoms with Crippen molar-refractivity contribution in [2.45, 2.75) is 82.6 Å². The molecule has 3 atom stereocenters. The molecule has 0 heterocycles. The summed E-state index contributed by atoms with van der Waals surface area (Å²) < 4.78 is 0.0509. The predicted molar refractivity (Wildman–Crippen MR) is 168 cm³/mol. The molecule has 0 saturated heterocycles. The Hall–Kier alpha value is -2.25. The van der Waals surface area contributed by atoms with E-state index in [1.807, 2.05) is 0 Å². The zero-order valence-electron chi connectivity index (χ0n) is 24.3. The highest BCUT2D eigenvalue weighted by Gasteiger charge is 2.58. The van der Waals surface area contributed by atoms with Gasteiger partial charge in [-0.05, 0) is 91.9 Å². The molecule has 0 N–H and O–H groups in total. The number of benzene rings is 2. The van der Waals surface area contributed by atoms with Crippen LogP contribution in [0.3, 0.4) is 0 Å². The van der Waals surface area contributed by atoms with Crippen LogP contribution in [0.15, 0.2) is 77.9 Å². The summed E-state index contributed by atoms with van der Waals surface area (Å²) in [5.41, 5.74) is 12.2. The van der Waals surface area contributed by atoms with Crippen molar-refractivity contribution >= 4 is 21.7 Å². The Labute approximate surface area is 228 Å². The smallest absolute Gasteiger partial charge is 0.0499 e. The molecule has 37 heavy (non-hydrogen) atoms. The van der Waals surface area contributed by atoms with Crippen molar-refractivity contribution in [3.05, 3.63) is 106 Å². The quantitative estimate of drug-likeness (QED) is 0.347. The van der Waals surface area contributed by atoms with Crippen molar-refractivity contribution in [2.24, 2.45) is 5.92 Å². The SMILES string of the molecule is CCCCC1=CC(C)(S(C)(C)C2(C(C)C)C(C)=Cc3c(C4C=CC(C)=CC4)cccc32)c2ccccc21. The normalized spacial score (nSPS) is 27.1. The van der Waals surface area contributed by atoms with Gasteiger partial charge in [0.1, 0.15) is 0 Å². The van der Waals surface area contributed by atoms with E-state index in [0.717, 1.165) is 6.42 Å². The second-order valence-corrected chi connectivity index (χ2v) is 16.6. The maximum absolute atomic E-state index is 2.71. The molecule has 0 aliphatic heterocycles. The molecule has 0 aromatic heterocycles. The summed E-state index contributed by atoms with van der Waals surface area (Å²) in [5.74, 6) is 0.971. The van der Waals surface area contributed by atoms with Gasteiger partial charge < -0.3 is 0 Å². The van der Waals surface area contributed by atoms with Crippen molar-refractivity contribution in [3.8, 4) is 0 Å². The van der Waals surface area contributed by atoms with Gasteiger partial charge in [0.25, 0.3) is 0 Å². The molecule has 0 saturated carbocycles. The van der Waals surface area contributed by atoms with E-state index in [-0.39, 0.29) is 9.49 Å². The van der Waals surface area contributed by atoms with Crippen molar-refractivity contribution in [3.63, 3.8) is 0 Å². The molecule has 3 aliphatic rings. The van der Waals surface area contributed by atoms with E-state index in [1.54, 1.807) is 22.3 Å². The topological polar surface area (TPSA) is 0 Å². The van der Waals surface area contributed by atoms with Crippen molar-refractivity contribution in [1.82, 2.24) is 0 Å². The summed E-state index contributed by atoms with van der Waals surface area (Å²) >= 11 is 0. The Kier molecular flexibility index (Phi) is 6.76. The molecule has 2 aromatic rings. The molecule has 0 nitrogen and oxygen atoms in total. The Bertz CT molecular complexity index is 1330. The van der Waals surface area contributed by atoms with Gasteiger partial charge in [-0.2, -0.15) is 0 Å². The van der Waals surface area contributed by atoms with E-state index in [9.17, 15) is 0 Å². The van der Waals surface area contributed by atoms with Gasteiger partial charge in [-0.3, -0.25) is 0 Å². The largest absolute Gasteiger partial charge is 0.220 e. The second kappa shape index (κ2) is 9.49. The summed E-state index contributed by atoms with van der Waals surface area (Å²) in [6.45, 7) is 14.5. The van der Waals surface area contributed by atoms with E-state index in [0.29, 0.717) is 11.8 Å². The third-order valence-corrected chi connectivity index (χ3v) is 15.0. The van der Waals surface area contributed by atoms with Crippen molar-refractivity contribution < 1.29 is 0 Å². The van der Waals surface area contributed by atoms with E-state index < -0.39 is 10.0 Å². The van der Waals surface area contributed by atoms with Crippen LogP contribution in [-0.2, 0) is 9.49 Å². The van der Waals surface area contributed by atoms with Gasteiger partial charge in [-0.15, -0.1) is 0 Å². The molecular weight excluding hydrogens is 464 g/mol. The molecule has 196 valence electrons. The number of rotatable bonds is 7. The van der Waals surface area contributed by atoms with Crippen LogP contribution in [0, 0.1) is 5.92 Å². The van der Waals surface area contributed by atoms with Gasteiger partial charge >= 0.3 is 0 Å². The molecule has 2 aromatic carbocycles. The van der Waals surface area contributed by atoms with Crippen LogP contribution in [0.4, 0.5) is 0 Å². The third kappa shape index (κ3) is 3.71. The average Bonchev–Trinajstić information content (AvgIpc) is 3.36. The van der Waals surface area contributed by atoms with Gasteiger partial charge in [0.05, 0.1) is 0 Å². The highest BCUT2D eigenvalue weighted by Crippen LogP contribution is 2.78. The minimum absolute atomic E-state index is 0.0221. The lowest BCUT2D eigenvalue weighted by molar-refractivity contribution is 0.501. The summed E-state index contributed by atoms with van der Waals surface area (Å²) in [7, 11) is -1.26. The lowest BCUT2D eigenvalue weighted by Gasteiger charge is -2.61. The summed E-state index contributed by atoms with van der Waals surface area (Å²) in [4.78, 5) is 0. The molecule has 3 aliphatic carbocycles. The van der Waals surface area contributed by atoms with Crippen molar-refractivity contribution in [2.75, 3.05) is 12.5 Å². The van der Waals surface area contributed by atoms with Crippen LogP contribution >= 0.6 is 10.0 Å². The maximum Gasteiger partial charge on any atom is 0.0499 e. The summed E-state index contributed by atoms with van der Waals surface area (Å²) in [5, 5.41) is 0. The monoisotopic (exact) mass is 510 g/mol. The van der Waals surface area contributed by atoms with Crippen LogP contribution in [-0.4, -0.2) is 12.5 Å². The van der Waals surface area contributed by atoms with Crippen LogP contribution in [0.25, 0.3) is 11.6 Å². The Morgan fingerprint density at radius 3 is 2.41 bits per heavy atom. The molecule has 0 bridgehead atoms. The van der Waals surface area contributed by atoms with Crippen molar-refractivity contribution in [1.29, 1.82) is 0 Å². The minimum Gasteiger partial charge on any atom is -0.220 e. The average molecular weight is 511 g/mol. The van der Waals surface area contributed by atoms with E-state index in [1.165, 1.54) is 41.5 Å². The first kappa shape index (κ1) is 26.4. The fourth-order valence-electron chi connectivity index (χ4n) is 7.93. The zero-order chi connectivity index (χ0) is 26.6. The lowest BCUT2D eigenvalue weighted by atomic mass is 9.82. The molecular formula is C36H46S. The van der Waals surface area contributed by atoms with Gasteiger partial charge in [0.15, 0.2) is 0 Å². The number of allylic oxidation sites excluding steroid dienone is 5. The van der Waals surface area contributed by atoms with E-state index in [4.69, 9.17) is 0 Å². The number of unbranched alkanes of at least 4 members (excludes halogenated alkanes) is 1. The first-order valence-corrected chi connectivity index (χ1v) is 16.8. The number of fused-ring (bicyclic) bond motifs is 2. The molecule has 0 fully saturated rings. The maximum atomic E-state index is 2.71. The van der Waals surface area contributed by atoms with Gasteiger partial charge in [0.2, 0.25) is 0 Å². The Balaban J connectivity index is 1.70. The third-order valence-electron chi connectivity index (χ3n) is 9.91. The van der Waals surface area contributed by atoms with Crippen LogP contribution in [0.5, 0.6) is 0 Å². The molecule has 5 rings (SSSR count). The van der Waals surface area contributed by atoms with E-state index >= 15 is 0 Å². The highest BCUT2D eigenvalue weighted by molar-refractivity contribution is 8.34. The molecule has 0 radical (unpaired) electrons. The molecule has 1 heteroatoms. The van der Waals surface area contributed by atoms with Gasteiger partial charge in [-0.25, -0.2) is 10.0 Å². The lowest BCUT2D eigenvalue weighted by Crippen LogP contribution is -2.44. The fourth-order valence-corrected chi connectivity index (χ4v) is 12.5. The fraction of sp³-hybridized carbons (Fsp3) is 0.444. The summed E-state index contributed by atoms with van der Waals surface area (Å²) in [6.07, 6.45) is 22.5. The zero-order valence-corrected chi connectivity index (χ0v) is 25.1. The Morgan fingerprint density at radius 1 is 1.00 bits per heavy atom. The first-order valence-electron chi connectivity index (χ1n) is 14.3. The number of hydrogen-bond donors (Lipinski definition) is 0. The highest BCUT2D eigenvalue weighted by atomic mass is 32.3. The minimum atomic E-state index is -1.26. The van der Waals surface area contributed by atoms with Gasteiger partial charge in [-0.1, -0.05) is 111 Å². The van der Waals surface area contributed by atoms with Crippen LogP contribution in [0.1, 0.15) is 101 Å². The summed E-state index contributed by atoms with van der Waals surface area (Å²) in [6, 6.07) is 16.5. The molecule has 0 spiro atoms. The Morgan fingerprint density at radius 2 is 1.73 bits per heavy atom. The van der Waals surface area contributed by atoms with Crippen LogP contribution < -0.4 is 0 Å².